The predicted octanol–water partition coefficient (Wildman–Crippen LogP) is 13.0. The molecule has 0 amide bonds. The van der Waals surface area contributed by atoms with Crippen molar-refractivity contribution in [1.29, 1.82) is 0 Å². The normalized spacial score (nSPS) is 13.9. The number of alkyl halides is 12. The summed E-state index contributed by atoms with van der Waals surface area (Å²) in [7, 11) is 0. The van der Waals surface area contributed by atoms with Crippen LogP contribution in [0.2, 0.25) is 0 Å². The minimum Gasteiger partial charge on any atom is -0.166 e. The molecule has 0 spiro atoms. The zero-order valence-electron chi connectivity index (χ0n) is 21.9. The minimum absolute atomic E-state index is 0.000444. The topological polar surface area (TPSA) is 0 Å². The summed E-state index contributed by atoms with van der Waals surface area (Å²) in [6.07, 6.45) is -20.9. The first kappa shape index (κ1) is 31.4. The summed E-state index contributed by atoms with van der Waals surface area (Å²) in [6, 6.07) is 4.92. The number of fused-ring (bicyclic) bond motifs is 6. The maximum atomic E-state index is 14.2. The van der Waals surface area contributed by atoms with Crippen LogP contribution in [0.4, 0.5) is 52.7 Å². The number of rotatable bonds is 3. The Morgan fingerprint density at radius 3 is 1.32 bits per heavy atom. The van der Waals surface area contributed by atoms with E-state index >= 15 is 0 Å². The van der Waals surface area contributed by atoms with Crippen LogP contribution >= 0.6 is 45.3 Å². The first-order valence-corrected chi connectivity index (χ1v) is 15.7. The fourth-order valence-electron chi connectivity index (χ4n) is 5.45. The summed E-state index contributed by atoms with van der Waals surface area (Å²) < 4.78 is 166. The molecule has 4 heterocycles. The molecule has 0 radical (unpaired) electrons. The van der Waals surface area contributed by atoms with Crippen LogP contribution in [0, 0.1) is 13.8 Å². The largest absolute Gasteiger partial charge is 0.425 e. The van der Waals surface area contributed by atoms with Crippen LogP contribution in [0.1, 0.15) is 41.8 Å². The van der Waals surface area contributed by atoms with E-state index in [2.05, 4.69) is 0 Å². The molecule has 0 nitrogen and oxygen atoms in total. The van der Waals surface area contributed by atoms with Crippen LogP contribution in [0.5, 0.6) is 0 Å². The molecule has 0 aliphatic heterocycles. The van der Waals surface area contributed by atoms with Crippen molar-refractivity contribution in [2.24, 2.45) is 0 Å². The highest BCUT2D eigenvalue weighted by atomic mass is 32.1. The molecule has 0 saturated heterocycles. The highest BCUT2D eigenvalue weighted by Gasteiger charge is 2.48. The molecule has 6 rings (SSSR count). The van der Waals surface area contributed by atoms with Gasteiger partial charge in [-0.1, -0.05) is 0 Å². The van der Waals surface area contributed by atoms with Gasteiger partial charge < -0.3 is 0 Å². The van der Waals surface area contributed by atoms with E-state index < -0.39 is 77.8 Å². The Morgan fingerprint density at radius 1 is 0.455 bits per heavy atom. The SMILES string of the molecule is Cc1cc2c(s1)c(C)c(C(F)(F)F)c1sc(CCc3cc4c(s3)c(C(F)(F)F)c(C(F)(F)F)c3sc(C(F)(F)F)cc34)cc12. The van der Waals surface area contributed by atoms with Crippen LogP contribution in [0.25, 0.3) is 40.3 Å². The van der Waals surface area contributed by atoms with Gasteiger partial charge in [-0.05, 0) is 56.5 Å². The lowest BCUT2D eigenvalue weighted by molar-refractivity contribution is -0.159. The van der Waals surface area contributed by atoms with E-state index in [1.165, 1.54) is 18.3 Å². The molecule has 4 aromatic heterocycles. The predicted molar refractivity (Wildman–Crippen MR) is 151 cm³/mol. The van der Waals surface area contributed by atoms with Crippen LogP contribution in [0.3, 0.4) is 0 Å². The maximum Gasteiger partial charge on any atom is 0.425 e. The minimum atomic E-state index is -5.61. The average molecular weight is 707 g/mol. The summed E-state index contributed by atoms with van der Waals surface area (Å²) in [6.45, 7) is 3.15. The van der Waals surface area contributed by atoms with E-state index in [1.807, 2.05) is 0 Å². The molecule has 0 fully saturated rings. The average Bonchev–Trinajstić information content (AvgIpc) is 3.62. The Labute approximate surface area is 255 Å². The summed E-state index contributed by atoms with van der Waals surface area (Å²) >= 11 is 2.08. The van der Waals surface area contributed by atoms with Gasteiger partial charge in [-0.2, -0.15) is 52.7 Å². The van der Waals surface area contributed by atoms with Gasteiger partial charge in [0.25, 0.3) is 0 Å². The van der Waals surface area contributed by atoms with Gasteiger partial charge in [0.1, 0.15) is 4.88 Å². The molecule has 6 aromatic rings. The van der Waals surface area contributed by atoms with E-state index in [1.54, 1.807) is 19.1 Å². The Bertz CT molecular complexity index is 2090. The van der Waals surface area contributed by atoms with Crippen molar-refractivity contribution in [2.45, 2.75) is 51.4 Å². The van der Waals surface area contributed by atoms with Crippen molar-refractivity contribution < 1.29 is 52.7 Å². The van der Waals surface area contributed by atoms with E-state index in [9.17, 15) is 52.7 Å². The third-order valence-electron chi connectivity index (χ3n) is 7.13. The van der Waals surface area contributed by atoms with Gasteiger partial charge in [0.15, 0.2) is 0 Å². The van der Waals surface area contributed by atoms with Crippen molar-refractivity contribution in [3.8, 4) is 0 Å². The zero-order chi connectivity index (χ0) is 32.3. The van der Waals surface area contributed by atoms with Gasteiger partial charge in [-0.15, -0.1) is 45.3 Å². The highest BCUT2D eigenvalue weighted by Crippen LogP contribution is 2.54. The lowest BCUT2D eigenvalue weighted by Gasteiger charge is -2.17. The maximum absolute atomic E-state index is 14.2. The summed E-state index contributed by atoms with van der Waals surface area (Å²) in [5, 5.41) is 0.0102. The molecule has 44 heavy (non-hydrogen) atoms. The first-order valence-electron chi connectivity index (χ1n) is 12.4. The summed E-state index contributed by atoms with van der Waals surface area (Å²) in [5.41, 5.74) is -4.93. The standard InChI is InChI=1S/C28H14F12S4/c1-9-5-13-14-6-11(42-22(14)18(26(32,33)34)10(2)21(13)41-9)3-4-12-7-15-16-8-17(25(29,30)31)44-24(16)20(28(38,39)40)19(23(15)43-12)27(35,36)37/h5-8H,3-4H2,1-2H3. The van der Waals surface area contributed by atoms with Gasteiger partial charge in [0.2, 0.25) is 0 Å². The molecule has 0 unspecified atom stereocenters. The monoisotopic (exact) mass is 706 g/mol. The summed E-state index contributed by atoms with van der Waals surface area (Å²) in [5.74, 6) is 0. The fourth-order valence-corrected chi connectivity index (χ4v) is 10.1. The number of halogens is 12. The smallest absolute Gasteiger partial charge is 0.166 e. The van der Waals surface area contributed by atoms with Gasteiger partial charge in [-0.25, -0.2) is 0 Å². The molecule has 0 N–H and O–H groups in total. The van der Waals surface area contributed by atoms with Crippen molar-refractivity contribution in [2.75, 3.05) is 0 Å². The Kier molecular flexibility index (Phi) is 7.12. The third kappa shape index (κ3) is 5.14. The fraction of sp³-hybridized carbons (Fsp3) is 0.286. The molecule has 234 valence electrons. The van der Waals surface area contributed by atoms with E-state index in [4.69, 9.17) is 0 Å². The highest BCUT2D eigenvalue weighted by molar-refractivity contribution is 7.22. The number of hydrogen-bond donors (Lipinski definition) is 0. The summed E-state index contributed by atoms with van der Waals surface area (Å²) in [4.78, 5) is -0.0610. The molecular weight excluding hydrogens is 693 g/mol. The van der Waals surface area contributed by atoms with Crippen LogP contribution in [-0.4, -0.2) is 0 Å². The van der Waals surface area contributed by atoms with Gasteiger partial charge in [0.05, 0.1) is 16.7 Å². The third-order valence-corrected chi connectivity index (χ3v) is 11.9. The molecular formula is C28H14F12S4. The molecule has 0 aliphatic carbocycles. The Balaban J connectivity index is 1.50. The Hall–Kier alpha value is -2.56. The molecule has 2 aromatic carbocycles. The van der Waals surface area contributed by atoms with Gasteiger partial charge in [-0.3, -0.25) is 0 Å². The van der Waals surface area contributed by atoms with E-state index in [-0.39, 0.29) is 28.0 Å². The second kappa shape index (κ2) is 9.97. The first-order chi connectivity index (χ1) is 20.2. The molecule has 0 atom stereocenters. The van der Waals surface area contributed by atoms with Gasteiger partial charge >= 0.3 is 24.7 Å². The lowest BCUT2D eigenvalue weighted by atomic mass is 10.00. The molecule has 16 heteroatoms. The number of benzene rings is 2. The van der Waals surface area contributed by atoms with Crippen LogP contribution in [0.15, 0.2) is 24.3 Å². The molecule has 0 saturated carbocycles. The second-order valence-corrected chi connectivity index (χ2v) is 14.7. The van der Waals surface area contributed by atoms with Crippen molar-refractivity contribution in [3.05, 3.63) is 66.0 Å². The zero-order valence-corrected chi connectivity index (χ0v) is 25.2. The second-order valence-electron chi connectivity index (χ2n) is 10.1. The molecule has 0 aliphatic rings. The van der Waals surface area contributed by atoms with Crippen LogP contribution < -0.4 is 0 Å². The lowest BCUT2D eigenvalue weighted by Crippen LogP contribution is -2.16. The van der Waals surface area contributed by atoms with Gasteiger partial charge in [0, 0.05) is 55.0 Å². The van der Waals surface area contributed by atoms with E-state index in [0.29, 0.717) is 37.8 Å². The van der Waals surface area contributed by atoms with Crippen molar-refractivity contribution in [3.63, 3.8) is 0 Å². The number of thiophene rings is 4. The van der Waals surface area contributed by atoms with Crippen molar-refractivity contribution >= 4 is 85.7 Å². The number of hydrogen-bond acceptors (Lipinski definition) is 4. The molecule has 0 bridgehead atoms. The number of aryl methyl sites for hydroxylation is 4. The quantitative estimate of drug-likeness (QED) is 0.161. The van der Waals surface area contributed by atoms with Crippen LogP contribution in [-0.2, 0) is 37.5 Å². The van der Waals surface area contributed by atoms with E-state index in [0.717, 1.165) is 22.3 Å². The van der Waals surface area contributed by atoms with Crippen molar-refractivity contribution in [1.82, 2.24) is 0 Å². The Morgan fingerprint density at radius 2 is 0.864 bits per heavy atom.